The molecule has 2 atom stereocenters. The fourth-order valence-electron chi connectivity index (χ4n) is 6.68. The van der Waals surface area contributed by atoms with E-state index >= 15 is 0 Å². The van der Waals surface area contributed by atoms with Gasteiger partial charge in [0.15, 0.2) is 0 Å². The fraction of sp³-hybridized carbons (Fsp3) is 0.278. The van der Waals surface area contributed by atoms with Crippen LogP contribution in [-0.2, 0) is 23.1 Å². The minimum atomic E-state index is -4.34. The van der Waals surface area contributed by atoms with Gasteiger partial charge in [0.25, 0.3) is 10.0 Å². The van der Waals surface area contributed by atoms with Crippen molar-refractivity contribution in [3.63, 3.8) is 0 Å². The Labute approximate surface area is 273 Å². The monoisotopic (exact) mass is 656 g/mol. The fourth-order valence-corrected chi connectivity index (χ4v) is 8.08. The van der Waals surface area contributed by atoms with Crippen LogP contribution in [0.15, 0.2) is 119 Å². The highest BCUT2D eigenvalue weighted by Crippen LogP contribution is 2.32. The molecule has 244 valence electrons. The van der Waals surface area contributed by atoms with Gasteiger partial charge >= 0.3 is 11.8 Å². The molecule has 1 aliphatic rings. The number of amides is 1. The van der Waals surface area contributed by atoms with Crippen molar-refractivity contribution in [3.05, 3.63) is 137 Å². The van der Waals surface area contributed by atoms with Crippen LogP contribution in [0.2, 0.25) is 0 Å². The highest BCUT2D eigenvalue weighted by molar-refractivity contribution is 7.90. The number of carboxylic acid groups (broad SMARTS) is 1. The standard InChI is InChI=1S/C36H37FN4O5S/c37-29-17-19-32(20-18-29)47(45,46)41-34-16-8-7-15-33(34)40(35(41)42)31-21-23-39(36(43)44)30(24-31)14-9-22-38(25-27-10-3-1-4-11-27)26-28-12-5-2-6-13-28/h1-8,10-13,15-20,30-31H,9,14,21-26H2,(H,43,44)/t30-,31?/m0/s1. The quantitative estimate of drug-likeness (QED) is 0.178. The lowest BCUT2D eigenvalue weighted by Crippen LogP contribution is -2.47. The summed E-state index contributed by atoms with van der Waals surface area (Å²) < 4.78 is 43.2. The second kappa shape index (κ2) is 13.9. The number of likely N-dealkylation sites (tertiary alicyclic amines) is 1. The van der Waals surface area contributed by atoms with Crippen LogP contribution in [0.3, 0.4) is 0 Å². The number of hydrogen-bond donors (Lipinski definition) is 1. The van der Waals surface area contributed by atoms with Gasteiger partial charge in [-0.2, -0.15) is 3.97 Å². The molecule has 47 heavy (non-hydrogen) atoms. The smallest absolute Gasteiger partial charge is 0.407 e. The molecule has 4 aromatic carbocycles. The number of hydrogen-bond acceptors (Lipinski definition) is 5. The van der Waals surface area contributed by atoms with Crippen LogP contribution in [0, 0.1) is 5.82 Å². The van der Waals surface area contributed by atoms with Crippen LogP contribution in [0.5, 0.6) is 0 Å². The SMILES string of the molecule is O=C(O)N1CCC(n2c(=O)n(S(=O)(=O)c3ccc(F)cc3)c3ccccc32)C[C@@H]1CCCN(Cc1ccccc1)Cc1ccccc1. The van der Waals surface area contributed by atoms with Gasteiger partial charge in [0.2, 0.25) is 0 Å². The zero-order valence-electron chi connectivity index (χ0n) is 25.9. The van der Waals surface area contributed by atoms with Crippen LogP contribution in [0.4, 0.5) is 9.18 Å². The van der Waals surface area contributed by atoms with Gasteiger partial charge in [-0.05, 0) is 79.8 Å². The van der Waals surface area contributed by atoms with Crippen molar-refractivity contribution in [2.75, 3.05) is 13.1 Å². The van der Waals surface area contributed by atoms with E-state index in [0.717, 1.165) is 54.3 Å². The van der Waals surface area contributed by atoms with E-state index in [1.807, 2.05) is 36.4 Å². The maximum Gasteiger partial charge on any atom is 0.407 e. The first-order valence-electron chi connectivity index (χ1n) is 15.8. The summed E-state index contributed by atoms with van der Waals surface area (Å²) in [6.45, 7) is 2.47. The van der Waals surface area contributed by atoms with E-state index in [4.69, 9.17) is 0 Å². The van der Waals surface area contributed by atoms with Gasteiger partial charge in [0, 0.05) is 31.7 Å². The summed E-state index contributed by atoms with van der Waals surface area (Å²) in [5.74, 6) is -0.585. The van der Waals surface area contributed by atoms with Crippen molar-refractivity contribution in [3.8, 4) is 0 Å². The lowest BCUT2D eigenvalue weighted by molar-refractivity contribution is 0.0853. The van der Waals surface area contributed by atoms with Crippen molar-refractivity contribution >= 4 is 27.1 Å². The summed E-state index contributed by atoms with van der Waals surface area (Å²) >= 11 is 0. The Kier molecular flexibility index (Phi) is 9.55. The number of carbonyl (C=O) groups is 1. The number of para-hydroxylation sites is 2. The first kappa shape index (κ1) is 32.2. The summed E-state index contributed by atoms with van der Waals surface area (Å²) in [5.41, 5.74) is 2.34. The maximum atomic E-state index is 14.0. The molecule has 2 heterocycles. The minimum absolute atomic E-state index is 0.196. The summed E-state index contributed by atoms with van der Waals surface area (Å²) in [6.07, 6.45) is 1.04. The third-order valence-electron chi connectivity index (χ3n) is 8.90. The number of halogens is 1. The molecule has 0 saturated carbocycles. The molecule has 1 saturated heterocycles. The van der Waals surface area contributed by atoms with Crippen molar-refractivity contribution in [1.82, 2.24) is 18.3 Å². The summed E-state index contributed by atoms with van der Waals surface area (Å²) in [5, 5.41) is 10.1. The van der Waals surface area contributed by atoms with Gasteiger partial charge in [-0.1, -0.05) is 72.8 Å². The first-order chi connectivity index (χ1) is 22.7. The second-order valence-corrected chi connectivity index (χ2v) is 13.8. The van der Waals surface area contributed by atoms with Crippen molar-refractivity contribution in [2.45, 2.75) is 55.8 Å². The largest absolute Gasteiger partial charge is 0.465 e. The van der Waals surface area contributed by atoms with Crippen molar-refractivity contribution in [2.24, 2.45) is 0 Å². The highest BCUT2D eigenvalue weighted by atomic mass is 32.2. The number of aromatic nitrogens is 2. The molecule has 9 nitrogen and oxygen atoms in total. The average molecular weight is 657 g/mol. The van der Waals surface area contributed by atoms with E-state index in [1.165, 1.54) is 20.6 Å². The predicted octanol–water partition coefficient (Wildman–Crippen LogP) is 6.35. The van der Waals surface area contributed by atoms with Crippen LogP contribution in [-0.4, -0.2) is 57.1 Å². The summed E-state index contributed by atoms with van der Waals surface area (Å²) in [4.78, 5) is 29.9. The van der Waals surface area contributed by atoms with Gasteiger partial charge in [0.05, 0.1) is 15.9 Å². The Hall–Kier alpha value is -4.74. The first-order valence-corrected chi connectivity index (χ1v) is 17.2. The molecule has 1 amide bonds. The van der Waals surface area contributed by atoms with Crippen LogP contribution < -0.4 is 5.69 Å². The number of piperidine rings is 1. The summed E-state index contributed by atoms with van der Waals surface area (Å²) in [7, 11) is -4.34. The molecule has 1 aliphatic heterocycles. The molecule has 0 radical (unpaired) electrons. The number of nitrogens with zero attached hydrogens (tertiary/aromatic N) is 4. The lowest BCUT2D eigenvalue weighted by atomic mass is 9.93. The molecule has 0 bridgehead atoms. The van der Waals surface area contributed by atoms with Crippen LogP contribution >= 0.6 is 0 Å². The van der Waals surface area contributed by atoms with Gasteiger partial charge < -0.3 is 10.0 Å². The Bertz CT molecular complexity index is 1960. The lowest BCUT2D eigenvalue weighted by Gasteiger charge is -2.38. The Morgan fingerprint density at radius 1 is 0.830 bits per heavy atom. The Morgan fingerprint density at radius 3 is 2.00 bits per heavy atom. The number of imidazole rings is 1. The van der Waals surface area contributed by atoms with Crippen LogP contribution in [0.1, 0.15) is 42.9 Å². The molecule has 11 heteroatoms. The normalized spacial score (nSPS) is 16.9. The maximum absolute atomic E-state index is 14.0. The molecule has 5 aromatic rings. The van der Waals surface area contributed by atoms with Crippen LogP contribution in [0.25, 0.3) is 11.0 Å². The summed E-state index contributed by atoms with van der Waals surface area (Å²) in [6, 6.07) is 30.7. The van der Waals surface area contributed by atoms with E-state index < -0.39 is 33.7 Å². The Morgan fingerprint density at radius 2 is 1.40 bits per heavy atom. The zero-order chi connectivity index (χ0) is 33.0. The van der Waals surface area contributed by atoms with Crippen molar-refractivity contribution < 1.29 is 22.7 Å². The third-order valence-corrected chi connectivity index (χ3v) is 10.6. The Balaban J connectivity index is 1.25. The molecule has 1 N–H and O–H groups in total. The van der Waals surface area contributed by atoms with E-state index in [1.54, 1.807) is 24.3 Å². The predicted molar refractivity (Wildman–Crippen MR) is 178 cm³/mol. The topological polar surface area (TPSA) is 105 Å². The van der Waals surface area contributed by atoms with E-state index in [-0.39, 0.29) is 23.0 Å². The van der Waals surface area contributed by atoms with Gasteiger partial charge in [-0.15, -0.1) is 0 Å². The average Bonchev–Trinajstić information content (AvgIpc) is 3.38. The minimum Gasteiger partial charge on any atom is -0.465 e. The van der Waals surface area contributed by atoms with Crippen molar-refractivity contribution in [1.29, 1.82) is 0 Å². The molecular weight excluding hydrogens is 619 g/mol. The molecule has 0 aliphatic carbocycles. The molecule has 0 spiro atoms. The zero-order valence-corrected chi connectivity index (χ0v) is 26.7. The second-order valence-electron chi connectivity index (χ2n) is 12.0. The number of rotatable bonds is 11. The number of fused-ring (bicyclic) bond motifs is 1. The molecule has 1 unspecified atom stereocenters. The van der Waals surface area contributed by atoms with Gasteiger partial charge in [0.1, 0.15) is 5.82 Å². The van der Waals surface area contributed by atoms with E-state index in [2.05, 4.69) is 29.2 Å². The highest BCUT2D eigenvalue weighted by Gasteiger charge is 2.35. The van der Waals surface area contributed by atoms with E-state index in [0.29, 0.717) is 24.8 Å². The molecule has 1 fully saturated rings. The van der Waals surface area contributed by atoms with E-state index in [9.17, 15) is 27.5 Å². The number of benzene rings is 4. The molecular formula is C36H37FN4O5S. The molecule has 1 aromatic heterocycles. The van der Waals surface area contributed by atoms with Gasteiger partial charge in [-0.3, -0.25) is 9.47 Å². The molecule has 6 rings (SSSR count). The third kappa shape index (κ3) is 7.01. The van der Waals surface area contributed by atoms with Gasteiger partial charge in [-0.25, -0.2) is 22.4 Å².